The molecule has 25 heavy (non-hydrogen) atoms. The van der Waals surface area contributed by atoms with Crippen LogP contribution in [0.5, 0.6) is 0 Å². The molecule has 0 unspecified atom stereocenters. The molecule has 128 valence electrons. The maximum absolute atomic E-state index is 13.2. The van der Waals surface area contributed by atoms with Gasteiger partial charge in [-0.05, 0) is 43.5 Å². The van der Waals surface area contributed by atoms with Crippen molar-refractivity contribution in [2.24, 2.45) is 10.4 Å². The minimum absolute atomic E-state index is 0.118. The highest BCUT2D eigenvalue weighted by atomic mass is 19.4. The molecule has 2 nitrogen and oxygen atoms in total. The molecule has 1 aliphatic heterocycles. The Balaban J connectivity index is 1.77. The zero-order valence-corrected chi connectivity index (χ0v) is 13.8. The number of rotatable bonds is 1. The van der Waals surface area contributed by atoms with Gasteiger partial charge in [-0.15, -0.1) is 0 Å². The second-order valence-corrected chi connectivity index (χ2v) is 6.80. The van der Waals surface area contributed by atoms with Crippen molar-refractivity contribution in [3.05, 3.63) is 70.8 Å². The number of para-hydroxylation sites is 1. The van der Waals surface area contributed by atoms with Gasteiger partial charge in [-0.2, -0.15) is 13.2 Å². The third-order valence-electron chi connectivity index (χ3n) is 4.82. The van der Waals surface area contributed by atoms with Gasteiger partial charge in [0.25, 0.3) is 0 Å². The number of benzene rings is 2. The third-order valence-corrected chi connectivity index (χ3v) is 4.82. The van der Waals surface area contributed by atoms with Gasteiger partial charge in [0.15, 0.2) is 0 Å². The molecule has 0 saturated carbocycles. The highest BCUT2D eigenvalue weighted by molar-refractivity contribution is 6.00. The number of nitrogens with zero attached hydrogens (tertiary/aromatic N) is 1. The van der Waals surface area contributed by atoms with E-state index in [1.54, 1.807) is 6.07 Å². The predicted molar refractivity (Wildman–Crippen MR) is 90.5 cm³/mol. The number of fused-ring (bicyclic) bond motifs is 2. The molecular weight excluding hydrogens is 327 g/mol. The molecule has 0 fully saturated rings. The third kappa shape index (κ3) is 2.46. The topological polar surface area (TPSA) is 21.6 Å². The van der Waals surface area contributed by atoms with E-state index in [4.69, 9.17) is 4.74 Å². The molecule has 0 spiro atoms. The van der Waals surface area contributed by atoms with Crippen molar-refractivity contribution in [3.8, 4) is 0 Å². The van der Waals surface area contributed by atoms with E-state index in [1.807, 2.05) is 38.1 Å². The average Bonchev–Trinajstić information content (AvgIpc) is 3.03. The van der Waals surface area contributed by atoms with E-state index in [1.165, 1.54) is 17.7 Å². The largest absolute Gasteiger partial charge is 0.441 e. The second-order valence-electron chi connectivity index (χ2n) is 6.80. The minimum atomic E-state index is -4.45. The van der Waals surface area contributed by atoms with Crippen molar-refractivity contribution in [2.45, 2.75) is 26.4 Å². The summed E-state index contributed by atoms with van der Waals surface area (Å²) in [5, 5.41) is 0. The normalized spacial score (nSPS) is 19.8. The first-order chi connectivity index (χ1) is 11.8. The molecule has 1 heterocycles. The van der Waals surface area contributed by atoms with Crippen molar-refractivity contribution in [1.29, 1.82) is 0 Å². The molecule has 0 bridgehead atoms. The van der Waals surface area contributed by atoms with Gasteiger partial charge in [0.1, 0.15) is 5.76 Å². The Morgan fingerprint density at radius 2 is 1.68 bits per heavy atom. The van der Waals surface area contributed by atoms with Gasteiger partial charge < -0.3 is 4.74 Å². The zero-order chi connectivity index (χ0) is 17.8. The minimum Gasteiger partial charge on any atom is -0.441 e. The molecule has 0 saturated heterocycles. The van der Waals surface area contributed by atoms with E-state index >= 15 is 0 Å². The van der Waals surface area contributed by atoms with Gasteiger partial charge in [-0.1, -0.05) is 36.4 Å². The summed E-state index contributed by atoms with van der Waals surface area (Å²) in [5.74, 6) is 1.05. The summed E-state index contributed by atoms with van der Waals surface area (Å²) >= 11 is 0. The van der Waals surface area contributed by atoms with Crippen molar-refractivity contribution < 1.29 is 17.9 Å². The summed E-state index contributed by atoms with van der Waals surface area (Å²) in [4.78, 5) is 4.27. The number of aliphatic imine (C=N–C) groups is 1. The quantitative estimate of drug-likeness (QED) is 0.645. The molecule has 0 amide bonds. The highest BCUT2D eigenvalue weighted by Crippen LogP contribution is 2.50. The maximum atomic E-state index is 13.2. The first-order valence-corrected chi connectivity index (χ1v) is 8.03. The van der Waals surface area contributed by atoms with Gasteiger partial charge in [0.05, 0.1) is 16.7 Å². The fourth-order valence-corrected chi connectivity index (χ4v) is 3.39. The van der Waals surface area contributed by atoms with Crippen molar-refractivity contribution in [3.63, 3.8) is 0 Å². The van der Waals surface area contributed by atoms with E-state index < -0.39 is 17.2 Å². The van der Waals surface area contributed by atoms with Crippen molar-refractivity contribution >= 4 is 17.3 Å². The molecular formula is C20H16F3NO. The highest BCUT2D eigenvalue weighted by Gasteiger charge is 2.45. The van der Waals surface area contributed by atoms with Crippen LogP contribution in [0.4, 0.5) is 18.9 Å². The zero-order valence-electron chi connectivity index (χ0n) is 13.8. The van der Waals surface area contributed by atoms with Gasteiger partial charge >= 0.3 is 6.18 Å². The molecule has 4 rings (SSSR count). The lowest BCUT2D eigenvalue weighted by molar-refractivity contribution is -0.137. The number of halogens is 3. The first-order valence-electron chi connectivity index (χ1n) is 8.03. The lowest BCUT2D eigenvalue weighted by Crippen LogP contribution is -2.23. The molecule has 0 N–H and O–H groups in total. The van der Waals surface area contributed by atoms with Gasteiger partial charge in [-0.25, -0.2) is 4.99 Å². The van der Waals surface area contributed by atoms with E-state index in [0.717, 1.165) is 29.4 Å². The smallest absolute Gasteiger partial charge is 0.418 e. The Kier molecular flexibility index (Phi) is 3.33. The van der Waals surface area contributed by atoms with Crippen LogP contribution >= 0.6 is 0 Å². The van der Waals surface area contributed by atoms with Crippen LogP contribution in [0.15, 0.2) is 59.1 Å². The van der Waals surface area contributed by atoms with Crippen LogP contribution < -0.4 is 0 Å². The second kappa shape index (κ2) is 5.22. The molecule has 0 atom stereocenters. The SMILES string of the molecule is CC1(C)C(=Nc2ccccc2C(F)(F)F)OC2=C1Cc1ccccc12. The number of ether oxygens (including phenoxy) is 1. The predicted octanol–water partition coefficient (Wildman–Crippen LogP) is 5.76. The van der Waals surface area contributed by atoms with Crippen LogP contribution in [0.25, 0.3) is 5.76 Å². The van der Waals surface area contributed by atoms with Crippen molar-refractivity contribution in [2.75, 3.05) is 0 Å². The summed E-state index contributed by atoms with van der Waals surface area (Å²) in [6, 6.07) is 13.2. The van der Waals surface area contributed by atoms with Crippen LogP contribution in [0.2, 0.25) is 0 Å². The summed E-state index contributed by atoms with van der Waals surface area (Å²) < 4.78 is 45.6. The molecule has 2 aliphatic rings. The molecule has 0 radical (unpaired) electrons. The average molecular weight is 343 g/mol. The van der Waals surface area contributed by atoms with E-state index in [-0.39, 0.29) is 5.69 Å². The Bertz CT molecular complexity index is 923. The lowest BCUT2D eigenvalue weighted by Gasteiger charge is -2.21. The summed E-state index contributed by atoms with van der Waals surface area (Å²) in [6.07, 6.45) is -3.72. The van der Waals surface area contributed by atoms with E-state index in [0.29, 0.717) is 5.90 Å². The summed E-state index contributed by atoms with van der Waals surface area (Å²) in [5.41, 5.74) is 1.82. The molecule has 2 aromatic carbocycles. The van der Waals surface area contributed by atoms with Gasteiger partial charge in [-0.3, -0.25) is 0 Å². The molecule has 1 aliphatic carbocycles. The van der Waals surface area contributed by atoms with E-state index in [2.05, 4.69) is 4.99 Å². The van der Waals surface area contributed by atoms with Crippen LogP contribution in [0.3, 0.4) is 0 Å². The molecule has 5 heteroatoms. The Morgan fingerprint density at radius 1 is 1.00 bits per heavy atom. The van der Waals surface area contributed by atoms with Crippen LogP contribution in [0, 0.1) is 5.41 Å². The van der Waals surface area contributed by atoms with Gasteiger partial charge in [0, 0.05) is 5.56 Å². The Labute approximate surface area is 143 Å². The fourth-order valence-electron chi connectivity index (χ4n) is 3.39. The summed E-state index contributed by atoms with van der Waals surface area (Å²) in [7, 11) is 0. The summed E-state index contributed by atoms with van der Waals surface area (Å²) in [6.45, 7) is 3.88. The fraction of sp³-hybridized carbons (Fsp3) is 0.250. The standard InChI is InChI=1S/C20H16F3NO/c1-19(2)15-11-12-7-3-4-8-13(12)17(15)25-18(19)24-16-10-6-5-9-14(16)20(21,22)23/h3-10H,11H2,1-2H3. The lowest BCUT2D eigenvalue weighted by atomic mass is 9.84. The molecule has 2 aromatic rings. The maximum Gasteiger partial charge on any atom is 0.418 e. The van der Waals surface area contributed by atoms with Crippen LogP contribution in [0.1, 0.15) is 30.5 Å². The molecule has 0 aromatic heterocycles. The van der Waals surface area contributed by atoms with Gasteiger partial charge in [0.2, 0.25) is 5.90 Å². The van der Waals surface area contributed by atoms with E-state index in [9.17, 15) is 13.2 Å². The Hall–Kier alpha value is -2.56. The number of hydrogen-bond acceptors (Lipinski definition) is 2. The first kappa shape index (κ1) is 15.9. The Morgan fingerprint density at radius 3 is 2.44 bits per heavy atom. The number of hydrogen-bond donors (Lipinski definition) is 0. The van der Waals surface area contributed by atoms with Crippen molar-refractivity contribution in [1.82, 2.24) is 0 Å². The van der Waals surface area contributed by atoms with Crippen LogP contribution in [-0.2, 0) is 17.3 Å². The van der Waals surface area contributed by atoms with Crippen LogP contribution in [-0.4, -0.2) is 5.90 Å². The number of alkyl halides is 3. The monoisotopic (exact) mass is 343 g/mol.